The maximum Gasteiger partial charge on any atom is 0.185 e. The fourth-order valence-corrected chi connectivity index (χ4v) is 6.04. The van der Waals surface area contributed by atoms with Crippen LogP contribution in [0.1, 0.15) is 24.0 Å². The Kier molecular flexibility index (Phi) is 7.81. The normalized spacial score (nSPS) is 18.9. The molecule has 5 nitrogen and oxygen atoms in total. The second-order valence-electron chi connectivity index (χ2n) is 8.60. The van der Waals surface area contributed by atoms with Crippen molar-refractivity contribution in [2.75, 3.05) is 19.6 Å². The average molecular weight is 466 g/mol. The molecule has 2 atom stereocenters. The minimum atomic E-state index is -3.63. The number of ether oxygens (including phenoxy) is 1. The van der Waals surface area contributed by atoms with Gasteiger partial charge in [-0.05, 0) is 61.2 Å². The number of aliphatic hydroxyl groups is 1. The van der Waals surface area contributed by atoms with Crippen molar-refractivity contribution in [3.05, 3.63) is 96.1 Å². The Hall–Kier alpha value is -2.67. The summed E-state index contributed by atoms with van der Waals surface area (Å²) < 4.78 is 32.1. The fourth-order valence-electron chi connectivity index (χ4n) is 4.27. The third kappa shape index (κ3) is 6.22. The highest BCUT2D eigenvalue weighted by Gasteiger charge is 2.40. The predicted octanol–water partition coefficient (Wildman–Crippen LogP) is 4.11. The van der Waals surface area contributed by atoms with Crippen molar-refractivity contribution in [2.45, 2.75) is 42.1 Å². The molecule has 1 N–H and O–H groups in total. The lowest BCUT2D eigenvalue weighted by molar-refractivity contribution is 0.177. The Morgan fingerprint density at radius 3 is 2.12 bits per heavy atom. The Bertz CT molecular complexity index is 1100. The molecule has 0 amide bonds. The zero-order valence-corrected chi connectivity index (χ0v) is 19.5. The molecular formula is C27H31NO4S. The first kappa shape index (κ1) is 23.5. The van der Waals surface area contributed by atoms with Crippen molar-refractivity contribution in [1.82, 2.24) is 4.90 Å². The highest BCUT2D eigenvalue weighted by molar-refractivity contribution is 7.92. The van der Waals surface area contributed by atoms with Gasteiger partial charge in [-0.15, -0.1) is 0 Å². The van der Waals surface area contributed by atoms with Crippen molar-refractivity contribution in [3.8, 4) is 5.75 Å². The van der Waals surface area contributed by atoms with Gasteiger partial charge in [0.05, 0.1) is 11.0 Å². The van der Waals surface area contributed by atoms with E-state index in [0.29, 0.717) is 25.4 Å². The van der Waals surface area contributed by atoms with Gasteiger partial charge in [0.25, 0.3) is 0 Å². The molecule has 2 unspecified atom stereocenters. The van der Waals surface area contributed by atoms with Crippen LogP contribution in [0.3, 0.4) is 0 Å². The van der Waals surface area contributed by atoms with Crippen molar-refractivity contribution >= 4 is 9.84 Å². The number of rotatable bonds is 10. The van der Waals surface area contributed by atoms with Crippen LogP contribution < -0.4 is 4.74 Å². The van der Waals surface area contributed by atoms with Crippen LogP contribution >= 0.6 is 0 Å². The van der Waals surface area contributed by atoms with Crippen LogP contribution in [-0.4, -0.2) is 49.4 Å². The van der Waals surface area contributed by atoms with Gasteiger partial charge in [-0.3, -0.25) is 4.90 Å². The van der Waals surface area contributed by atoms with Crippen LogP contribution in [0.25, 0.3) is 0 Å². The molecule has 0 spiro atoms. The van der Waals surface area contributed by atoms with Crippen LogP contribution in [0.15, 0.2) is 89.8 Å². The number of β-amino-alcohol motifs (C(OH)–C–C–N with tert-alkyl or cyclic N) is 1. The summed E-state index contributed by atoms with van der Waals surface area (Å²) in [6.45, 7) is 1.98. The summed E-state index contributed by atoms with van der Waals surface area (Å²) in [5.74, 6) is 0.616. The standard InChI is InChI=1S/C27H31NO4S/c29-26-19-28(18-8-7-11-22-9-3-1-4-10-22)20-27(26)33(30,31)25-16-14-24(15-17-25)32-21-23-12-5-2-6-13-23/h1-6,9-10,12-17,26-27,29H,7-8,11,18-21H2. The van der Waals surface area contributed by atoms with Crippen molar-refractivity contribution < 1.29 is 18.3 Å². The number of benzene rings is 3. The van der Waals surface area contributed by atoms with Gasteiger partial charge in [0.1, 0.15) is 17.6 Å². The third-order valence-electron chi connectivity index (χ3n) is 6.14. The van der Waals surface area contributed by atoms with E-state index in [2.05, 4.69) is 17.0 Å². The van der Waals surface area contributed by atoms with E-state index in [1.807, 2.05) is 48.5 Å². The highest BCUT2D eigenvalue weighted by Crippen LogP contribution is 2.26. The quantitative estimate of drug-likeness (QED) is 0.457. The smallest absolute Gasteiger partial charge is 0.185 e. The van der Waals surface area contributed by atoms with Gasteiger partial charge in [-0.25, -0.2) is 8.42 Å². The molecule has 1 heterocycles. The minimum Gasteiger partial charge on any atom is -0.489 e. The summed E-state index contributed by atoms with van der Waals surface area (Å²) in [5, 5.41) is 9.71. The molecule has 0 radical (unpaired) electrons. The molecular weight excluding hydrogens is 434 g/mol. The Morgan fingerprint density at radius 2 is 1.45 bits per heavy atom. The highest BCUT2D eigenvalue weighted by atomic mass is 32.2. The molecule has 1 aliphatic rings. The first-order chi connectivity index (χ1) is 16.0. The lowest BCUT2D eigenvalue weighted by atomic mass is 10.1. The maximum atomic E-state index is 13.2. The van der Waals surface area contributed by atoms with E-state index in [1.165, 1.54) is 5.56 Å². The van der Waals surface area contributed by atoms with Crippen molar-refractivity contribution in [1.29, 1.82) is 0 Å². The topological polar surface area (TPSA) is 66.8 Å². The van der Waals surface area contributed by atoms with Crippen LogP contribution in [0.2, 0.25) is 0 Å². The van der Waals surface area contributed by atoms with Gasteiger partial charge < -0.3 is 9.84 Å². The Labute approximate surface area is 196 Å². The molecule has 174 valence electrons. The molecule has 33 heavy (non-hydrogen) atoms. The van der Waals surface area contributed by atoms with Gasteiger partial charge in [0, 0.05) is 13.1 Å². The van der Waals surface area contributed by atoms with Crippen LogP contribution in [0.4, 0.5) is 0 Å². The van der Waals surface area contributed by atoms with Crippen molar-refractivity contribution in [3.63, 3.8) is 0 Å². The number of aliphatic hydroxyl groups excluding tert-OH is 1. The summed E-state index contributed by atoms with van der Waals surface area (Å²) >= 11 is 0. The predicted molar refractivity (Wildman–Crippen MR) is 130 cm³/mol. The molecule has 0 aromatic heterocycles. The average Bonchev–Trinajstić information content (AvgIpc) is 3.23. The first-order valence-electron chi connectivity index (χ1n) is 11.5. The van der Waals surface area contributed by atoms with Crippen LogP contribution in [0.5, 0.6) is 5.75 Å². The van der Waals surface area contributed by atoms with E-state index in [0.717, 1.165) is 31.4 Å². The van der Waals surface area contributed by atoms with Crippen molar-refractivity contribution in [2.24, 2.45) is 0 Å². The summed E-state index contributed by atoms with van der Waals surface area (Å²) in [6.07, 6.45) is 2.15. The van der Waals surface area contributed by atoms with Gasteiger partial charge in [-0.1, -0.05) is 60.7 Å². The van der Waals surface area contributed by atoms with E-state index in [9.17, 15) is 13.5 Å². The van der Waals surface area contributed by atoms with E-state index in [1.54, 1.807) is 24.3 Å². The summed E-state index contributed by atoms with van der Waals surface area (Å²) in [7, 11) is -3.63. The molecule has 1 aliphatic heterocycles. The first-order valence-corrected chi connectivity index (χ1v) is 13.0. The third-order valence-corrected chi connectivity index (χ3v) is 8.33. The molecule has 3 aromatic rings. The zero-order valence-electron chi connectivity index (χ0n) is 18.7. The molecule has 3 aromatic carbocycles. The molecule has 1 fully saturated rings. The van der Waals surface area contributed by atoms with Gasteiger partial charge in [0.2, 0.25) is 0 Å². The molecule has 4 rings (SSSR count). The molecule has 6 heteroatoms. The second-order valence-corrected chi connectivity index (χ2v) is 10.8. The van der Waals surface area contributed by atoms with E-state index in [-0.39, 0.29) is 4.90 Å². The fraction of sp³-hybridized carbons (Fsp3) is 0.333. The largest absolute Gasteiger partial charge is 0.489 e. The van der Waals surface area contributed by atoms with E-state index in [4.69, 9.17) is 4.74 Å². The number of hydrogen-bond acceptors (Lipinski definition) is 5. The van der Waals surface area contributed by atoms with Gasteiger partial charge >= 0.3 is 0 Å². The van der Waals surface area contributed by atoms with Gasteiger partial charge in [-0.2, -0.15) is 0 Å². The summed E-state index contributed by atoms with van der Waals surface area (Å²) in [6, 6.07) is 26.7. The lowest BCUT2D eigenvalue weighted by Gasteiger charge is -2.16. The number of likely N-dealkylation sites (tertiary alicyclic amines) is 1. The SMILES string of the molecule is O=S(=O)(c1ccc(OCc2ccccc2)cc1)C1CN(CCCCc2ccccc2)CC1O. The number of unbranched alkanes of at least 4 members (excludes halogenated alkanes) is 1. The molecule has 0 bridgehead atoms. The summed E-state index contributed by atoms with van der Waals surface area (Å²) in [4.78, 5) is 2.29. The number of aryl methyl sites for hydroxylation is 1. The van der Waals surface area contributed by atoms with E-state index < -0.39 is 21.2 Å². The lowest BCUT2D eigenvalue weighted by Crippen LogP contribution is -2.33. The monoisotopic (exact) mass is 465 g/mol. The molecule has 1 saturated heterocycles. The number of nitrogens with zero attached hydrogens (tertiary/aromatic N) is 1. The Morgan fingerprint density at radius 1 is 0.818 bits per heavy atom. The Balaban J connectivity index is 1.29. The number of hydrogen-bond donors (Lipinski definition) is 1. The second kappa shape index (κ2) is 11.0. The number of sulfone groups is 1. The maximum absolute atomic E-state index is 13.2. The molecule has 0 saturated carbocycles. The van der Waals surface area contributed by atoms with Crippen LogP contribution in [-0.2, 0) is 22.9 Å². The minimum absolute atomic E-state index is 0.226. The van der Waals surface area contributed by atoms with Crippen LogP contribution in [0, 0.1) is 0 Å². The zero-order chi connectivity index (χ0) is 23.1. The van der Waals surface area contributed by atoms with Gasteiger partial charge in [0.15, 0.2) is 9.84 Å². The summed E-state index contributed by atoms with van der Waals surface area (Å²) in [5.41, 5.74) is 2.36. The molecule has 0 aliphatic carbocycles. The van der Waals surface area contributed by atoms with E-state index >= 15 is 0 Å².